The van der Waals surface area contributed by atoms with Crippen molar-refractivity contribution in [2.75, 3.05) is 18.0 Å². The topological polar surface area (TPSA) is 82.1 Å². The number of rotatable bonds is 2. The summed E-state index contributed by atoms with van der Waals surface area (Å²) < 4.78 is 0. The van der Waals surface area contributed by atoms with Crippen molar-refractivity contribution < 1.29 is 10.3 Å². The number of nitrogens with two attached hydrogens (primary N) is 1. The first-order valence-corrected chi connectivity index (χ1v) is 6.07. The molecule has 4 N–H and O–H groups in total. The van der Waals surface area contributed by atoms with E-state index in [2.05, 4.69) is 10.1 Å². The molecule has 2 rings (SSSR count). The molecule has 0 amide bonds. The van der Waals surface area contributed by atoms with Gasteiger partial charge in [-0.15, -0.1) is 0 Å². The van der Waals surface area contributed by atoms with Gasteiger partial charge in [-0.3, -0.25) is 0 Å². The van der Waals surface area contributed by atoms with E-state index in [1.807, 2.05) is 31.2 Å². The number of amidine groups is 1. The largest absolute Gasteiger partial charge is 0.409 e. The third-order valence-electron chi connectivity index (χ3n) is 3.48. The van der Waals surface area contributed by atoms with Crippen LogP contribution in [0.1, 0.15) is 25.3 Å². The van der Waals surface area contributed by atoms with Crippen LogP contribution in [0.5, 0.6) is 0 Å². The minimum Gasteiger partial charge on any atom is -0.409 e. The molecule has 1 heterocycles. The molecular weight excluding hydrogens is 230 g/mol. The Morgan fingerprint density at radius 3 is 2.33 bits per heavy atom. The number of anilines is 1. The molecule has 1 aromatic carbocycles. The normalized spacial score (nSPS) is 19.9. The van der Waals surface area contributed by atoms with Gasteiger partial charge in [0.25, 0.3) is 0 Å². The monoisotopic (exact) mass is 249 g/mol. The van der Waals surface area contributed by atoms with Crippen molar-refractivity contribution in [3.63, 3.8) is 0 Å². The summed E-state index contributed by atoms with van der Waals surface area (Å²) in [6.07, 6.45) is 1.55. The third kappa shape index (κ3) is 2.73. The lowest BCUT2D eigenvalue weighted by Gasteiger charge is -2.37. The van der Waals surface area contributed by atoms with Crippen LogP contribution in [0.25, 0.3) is 0 Å². The number of aliphatic hydroxyl groups is 1. The molecular formula is C13H19N3O2. The average molecular weight is 249 g/mol. The summed E-state index contributed by atoms with van der Waals surface area (Å²) in [5.74, 6) is 0.114. The highest BCUT2D eigenvalue weighted by molar-refractivity contribution is 5.97. The fourth-order valence-corrected chi connectivity index (χ4v) is 2.15. The van der Waals surface area contributed by atoms with E-state index in [0.29, 0.717) is 5.56 Å². The van der Waals surface area contributed by atoms with Gasteiger partial charge in [-0.1, -0.05) is 5.16 Å². The summed E-state index contributed by atoms with van der Waals surface area (Å²) in [5.41, 5.74) is 6.77. The van der Waals surface area contributed by atoms with E-state index in [9.17, 15) is 5.11 Å². The average Bonchev–Trinajstić information content (AvgIpc) is 2.38. The van der Waals surface area contributed by atoms with Crippen molar-refractivity contribution >= 4 is 11.5 Å². The molecule has 0 spiro atoms. The van der Waals surface area contributed by atoms with Gasteiger partial charge >= 0.3 is 0 Å². The maximum atomic E-state index is 9.90. The van der Waals surface area contributed by atoms with Crippen LogP contribution < -0.4 is 10.6 Å². The molecule has 0 bridgehead atoms. The first-order valence-electron chi connectivity index (χ1n) is 6.07. The van der Waals surface area contributed by atoms with E-state index >= 15 is 0 Å². The van der Waals surface area contributed by atoms with Gasteiger partial charge in [0.2, 0.25) is 0 Å². The standard InChI is InChI=1S/C13H19N3O2/c1-13(17)6-8-16(9-7-13)11-4-2-10(3-5-11)12(14)15-18/h2-5,17-18H,6-9H2,1H3,(H2,14,15). The minimum atomic E-state index is -0.537. The van der Waals surface area contributed by atoms with Crippen molar-refractivity contribution in [3.05, 3.63) is 29.8 Å². The molecule has 1 aliphatic heterocycles. The maximum absolute atomic E-state index is 9.90. The predicted octanol–water partition coefficient (Wildman–Crippen LogP) is 1.13. The Kier molecular flexibility index (Phi) is 3.43. The Morgan fingerprint density at radius 2 is 1.83 bits per heavy atom. The van der Waals surface area contributed by atoms with Crippen LogP contribution in [0.4, 0.5) is 5.69 Å². The van der Waals surface area contributed by atoms with Crippen LogP contribution in [0.15, 0.2) is 29.4 Å². The van der Waals surface area contributed by atoms with E-state index in [1.165, 1.54) is 0 Å². The lowest BCUT2D eigenvalue weighted by molar-refractivity contribution is 0.0351. The lowest BCUT2D eigenvalue weighted by atomic mass is 9.93. The Hall–Kier alpha value is -1.75. The maximum Gasteiger partial charge on any atom is 0.170 e. The molecule has 1 fully saturated rings. The Morgan fingerprint density at radius 1 is 1.28 bits per heavy atom. The van der Waals surface area contributed by atoms with Crippen LogP contribution in [0.2, 0.25) is 0 Å². The predicted molar refractivity (Wildman–Crippen MR) is 71.0 cm³/mol. The zero-order valence-electron chi connectivity index (χ0n) is 10.5. The molecule has 0 saturated carbocycles. The summed E-state index contributed by atoms with van der Waals surface area (Å²) in [6.45, 7) is 3.57. The van der Waals surface area contributed by atoms with Gasteiger partial charge in [0, 0.05) is 24.3 Å². The molecule has 5 nitrogen and oxygen atoms in total. The molecule has 1 saturated heterocycles. The fraction of sp³-hybridized carbons (Fsp3) is 0.462. The highest BCUT2D eigenvalue weighted by atomic mass is 16.4. The molecule has 0 aliphatic carbocycles. The van der Waals surface area contributed by atoms with Crippen LogP contribution >= 0.6 is 0 Å². The van der Waals surface area contributed by atoms with Crippen LogP contribution in [0.3, 0.4) is 0 Å². The smallest absolute Gasteiger partial charge is 0.170 e. The molecule has 1 aliphatic rings. The van der Waals surface area contributed by atoms with E-state index < -0.39 is 5.60 Å². The van der Waals surface area contributed by atoms with Crippen LogP contribution in [0, 0.1) is 0 Å². The number of benzene rings is 1. The summed E-state index contributed by atoms with van der Waals surface area (Å²) in [4.78, 5) is 2.23. The fourth-order valence-electron chi connectivity index (χ4n) is 2.15. The van der Waals surface area contributed by atoms with Crippen molar-refractivity contribution in [2.24, 2.45) is 10.9 Å². The van der Waals surface area contributed by atoms with Crippen molar-refractivity contribution in [3.8, 4) is 0 Å². The minimum absolute atomic E-state index is 0.114. The van der Waals surface area contributed by atoms with Gasteiger partial charge in [0.1, 0.15) is 0 Å². The second-order valence-corrected chi connectivity index (χ2v) is 5.02. The van der Waals surface area contributed by atoms with Gasteiger partial charge in [-0.2, -0.15) is 0 Å². The lowest BCUT2D eigenvalue weighted by Crippen LogP contribution is -2.42. The first-order chi connectivity index (χ1) is 8.52. The Bertz CT molecular complexity index is 430. The molecule has 0 aromatic heterocycles. The first kappa shape index (κ1) is 12.7. The highest BCUT2D eigenvalue weighted by Crippen LogP contribution is 2.25. The molecule has 5 heteroatoms. The number of piperidine rings is 1. The van der Waals surface area contributed by atoms with Crippen molar-refractivity contribution in [2.45, 2.75) is 25.4 Å². The number of hydrogen-bond acceptors (Lipinski definition) is 4. The van der Waals surface area contributed by atoms with Crippen LogP contribution in [-0.4, -0.2) is 34.8 Å². The summed E-state index contributed by atoms with van der Waals surface area (Å²) in [6, 6.07) is 7.56. The molecule has 0 atom stereocenters. The molecule has 0 unspecified atom stereocenters. The van der Waals surface area contributed by atoms with Gasteiger partial charge in [-0.05, 0) is 44.0 Å². The third-order valence-corrected chi connectivity index (χ3v) is 3.48. The Labute approximate surface area is 107 Å². The zero-order valence-corrected chi connectivity index (χ0v) is 10.5. The van der Waals surface area contributed by atoms with Gasteiger partial charge in [0.15, 0.2) is 5.84 Å². The second kappa shape index (κ2) is 4.86. The van der Waals surface area contributed by atoms with Crippen LogP contribution in [-0.2, 0) is 0 Å². The van der Waals surface area contributed by atoms with Gasteiger partial charge in [0.05, 0.1) is 5.60 Å². The summed E-state index contributed by atoms with van der Waals surface area (Å²) >= 11 is 0. The van der Waals surface area contributed by atoms with Crippen molar-refractivity contribution in [1.82, 2.24) is 0 Å². The molecule has 98 valence electrons. The zero-order chi connectivity index (χ0) is 13.2. The number of nitrogens with zero attached hydrogens (tertiary/aromatic N) is 2. The Balaban J connectivity index is 2.07. The highest BCUT2D eigenvalue weighted by Gasteiger charge is 2.27. The molecule has 0 radical (unpaired) electrons. The second-order valence-electron chi connectivity index (χ2n) is 5.02. The molecule has 1 aromatic rings. The van der Waals surface area contributed by atoms with Gasteiger partial charge < -0.3 is 20.9 Å². The number of hydrogen-bond donors (Lipinski definition) is 3. The quantitative estimate of drug-likeness (QED) is 0.317. The summed E-state index contributed by atoms with van der Waals surface area (Å²) in [7, 11) is 0. The SMILES string of the molecule is CC1(O)CCN(c2ccc(/C(N)=N/O)cc2)CC1. The van der Waals surface area contributed by atoms with Gasteiger partial charge in [-0.25, -0.2) is 0 Å². The molecule has 18 heavy (non-hydrogen) atoms. The summed E-state index contributed by atoms with van der Waals surface area (Å²) in [5, 5.41) is 21.5. The number of oxime groups is 1. The van der Waals surface area contributed by atoms with E-state index in [4.69, 9.17) is 10.9 Å². The van der Waals surface area contributed by atoms with E-state index in [-0.39, 0.29) is 5.84 Å². The van der Waals surface area contributed by atoms with E-state index in [0.717, 1.165) is 31.6 Å². The van der Waals surface area contributed by atoms with E-state index in [1.54, 1.807) is 0 Å². The van der Waals surface area contributed by atoms with Crippen molar-refractivity contribution in [1.29, 1.82) is 0 Å².